The number of aryl methyl sites for hydroxylation is 1. The van der Waals surface area contributed by atoms with Crippen LogP contribution in [0.1, 0.15) is 28.4 Å². The lowest BCUT2D eigenvalue weighted by Crippen LogP contribution is -2.36. The Labute approximate surface area is 207 Å². The number of anilines is 5. The Morgan fingerprint density at radius 2 is 1.78 bits per heavy atom. The summed E-state index contributed by atoms with van der Waals surface area (Å²) in [6.45, 7) is 4.99. The van der Waals surface area contributed by atoms with Crippen LogP contribution >= 0.6 is 0 Å². The predicted molar refractivity (Wildman–Crippen MR) is 134 cm³/mol. The van der Waals surface area contributed by atoms with Gasteiger partial charge in [-0.15, -0.1) is 0 Å². The van der Waals surface area contributed by atoms with E-state index in [-0.39, 0.29) is 22.8 Å². The summed E-state index contributed by atoms with van der Waals surface area (Å²) in [4.78, 5) is 18.5. The molecule has 0 radical (unpaired) electrons. The van der Waals surface area contributed by atoms with Crippen LogP contribution in [-0.4, -0.2) is 44.2 Å². The molecule has 4 rings (SSSR count). The maximum Gasteiger partial charge on any atom is 0.419 e. The highest BCUT2D eigenvalue weighted by atomic mass is 19.4. The predicted octanol–water partition coefficient (Wildman–Crippen LogP) is 5.35. The minimum absolute atomic E-state index is 0.209. The summed E-state index contributed by atoms with van der Waals surface area (Å²) < 4.78 is 46.8. The summed E-state index contributed by atoms with van der Waals surface area (Å²) in [6.07, 6.45) is -3.11. The van der Waals surface area contributed by atoms with Crippen molar-refractivity contribution in [3.8, 4) is 0 Å². The molecule has 1 aromatic heterocycles. The monoisotopic (exact) mass is 499 g/mol. The zero-order valence-electron chi connectivity index (χ0n) is 20.1. The Hall–Kier alpha value is -3.79. The molecule has 3 aromatic rings. The van der Waals surface area contributed by atoms with Gasteiger partial charge in [0.25, 0.3) is 5.91 Å². The van der Waals surface area contributed by atoms with Gasteiger partial charge in [0.05, 0.1) is 35.7 Å². The summed E-state index contributed by atoms with van der Waals surface area (Å²) in [5.41, 5.74) is 2.19. The van der Waals surface area contributed by atoms with E-state index in [1.54, 1.807) is 24.3 Å². The number of amides is 1. The maximum atomic E-state index is 13.8. The Morgan fingerprint density at radius 1 is 1.03 bits per heavy atom. The molecule has 1 fully saturated rings. The van der Waals surface area contributed by atoms with Crippen molar-refractivity contribution in [1.82, 2.24) is 10.3 Å². The third kappa shape index (κ3) is 5.71. The molecule has 3 N–H and O–H groups in total. The van der Waals surface area contributed by atoms with Gasteiger partial charge in [0, 0.05) is 43.8 Å². The third-order valence-corrected chi connectivity index (χ3v) is 5.99. The molecule has 2 aromatic carbocycles. The molecule has 0 unspecified atom stereocenters. The average Bonchev–Trinajstić information content (AvgIpc) is 2.88. The lowest BCUT2D eigenvalue weighted by Gasteiger charge is -2.29. The highest BCUT2D eigenvalue weighted by Crippen LogP contribution is 2.38. The number of hydrogen-bond donors (Lipinski definition) is 3. The Balaban J connectivity index is 1.66. The second-order valence-corrected chi connectivity index (χ2v) is 8.28. The number of pyridine rings is 1. The quantitative estimate of drug-likeness (QED) is 0.407. The average molecular weight is 500 g/mol. The van der Waals surface area contributed by atoms with Crippen molar-refractivity contribution >= 4 is 34.5 Å². The molecule has 1 saturated heterocycles. The number of morpholine rings is 1. The highest BCUT2D eigenvalue weighted by molar-refractivity contribution is 6.00. The molecule has 2 heterocycles. The number of carbonyl (C=O) groups is 1. The van der Waals surface area contributed by atoms with E-state index in [0.29, 0.717) is 13.2 Å². The number of hydrogen-bond acceptors (Lipinski definition) is 6. The topological polar surface area (TPSA) is 78.5 Å². The Bertz CT molecular complexity index is 1230. The van der Waals surface area contributed by atoms with Gasteiger partial charge in [-0.25, -0.2) is 4.98 Å². The van der Waals surface area contributed by atoms with E-state index in [9.17, 15) is 18.0 Å². The normalized spacial score (nSPS) is 13.9. The number of nitrogens with zero attached hydrogens (tertiary/aromatic N) is 2. The molecule has 0 spiro atoms. The van der Waals surface area contributed by atoms with Gasteiger partial charge in [0.1, 0.15) is 5.82 Å². The molecule has 1 amide bonds. The first kappa shape index (κ1) is 25.3. The number of carbonyl (C=O) groups excluding carboxylic acids is 1. The first-order valence-electron chi connectivity index (χ1n) is 11.7. The van der Waals surface area contributed by atoms with Crippen LogP contribution in [-0.2, 0) is 17.3 Å². The summed E-state index contributed by atoms with van der Waals surface area (Å²) in [5, 5.41) is 8.46. The van der Waals surface area contributed by atoms with Crippen molar-refractivity contribution in [2.75, 3.05) is 48.9 Å². The number of para-hydroxylation sites is 1. The second kappa shape index (κ2) is 10.9. The minimum atomic E-state index is -4.63. The van der Waals surface area contributed by atoms with Crippen molar-refractivity contribution in [3.63, 3.8) is 0 Å². The van der Waals surface area contributed by atoms with Gasteiger partial charge < -0.3 is 25.6 Å². The number of rotatable bonds is 7. The molecule has 0 bridgehead atoms. The van der Waals surface area contributed by atoms with E-state index in [1.165, 1.54) is 13.1 Å². The Kier molecular flexibility index (Phi) is 7.64. The van der Waals surface area contributed by atoms with Gasteiger partial charge in [-0.2, -0.15) is 13.2 Å². The van der Waals surface area contributed by atoms with Crippen LogP contribution in [0.15, 0.2) is 54.7 Å². The molecule has 7 nitrogen and oxygen atoms in total. The first-order chi connectivity index (χ1) is 17.3. The first-order valence-corrected chi connectivity index (χ1v) is 11.7. The van der Waals surface area contributed by atoms with Crippen LogP contribution in [0.4, 0.5) is 41.7 Å². The van der Waals surface area contributed by atoms with E-state index in [2.05, 4.69) is 31.9 Å². The number of benzene rings is 2. The fraction of sp³-hybridized carbons (Fsp3) is 0.308. The largest absolute Gasteiger partial charge is 0.419 e. The molecule has 36 heavy (non-hydrogen) atoms. The van der Waals surface area contributed by atoms with Crippen LogP contribution in [0.3, 0.4) is 0 Å². The van der Waals surface area contributed by atoms with Gasteiger partial charge in [-0.3, -0.25) is 4.79 Å². The van der Waals surface area contributed by atoms with Crippen LogP contribution < -0.4 is 20.9 Å². The number of halogens is 3. The van der Waals surface area contributed by atoms with E-state index in [4.69, 9.17) is 4.74 Å². The molecule has 0 saturated carbocycles. The standard InChI is InChI=1S/C26H28F3N5O2/c1-3-17-14-18(34-10-12-36-13-11-34)8-9-21(17)33-24-15-23(20(16-31-24)26(27,28)29)32-22-7-5-4-6-19(22)25(35)30-2/h4-9,14-16H,3,10-13H2,1-2H3,(H,30,35)(H2,31,32,33). The molecular formula is C26H28F3N5O2. The zero-order chi connectivity index (χ0) is 25.7. The molecule has 10 heteroatoms. The fourth-order valence-electron chi connectivity index (χ4n) is 4.07. The van der Waals surface area contributed by atoms with Gasteiger partial charge >= 0.3 is 6.18 Å². The van der Waals surface area contributed by atoms with Gasteiger partial charge in [-0.1, -0.05) is 19.1 Å². The smallest absolute Gasteiger partial charge is 0.378 e. The highest BCUT2D eigenvalue weighted by Gasteiger charge is 2.34. The molecule has 1 aliphatic rings. The maximum absolute atomic E-state index is 13.8. The van der Waals surface area contributed by atoms with Crippen LogP contribution in [0.5, 0.6) is 0 Å². The zero-order valence-corrected chi connectivity index (χ0v) is 20.1. The second-order valence-electron chi connectivity index (χ2n) is 8.28. The third-order valence-electron chi connectivity index (χ3n) is 5.99. The van der Waals surface area contributed by atoms with E-state index < -0.39 is 17.6 Å². The Morgan fingerprint density at radius 3 is 2.47 bits per heavy atom. The van der Waals surface area contributed by atoms with Crippen molar-refractivity contribution in [2.45, 2.75) is 19.5 Å². The van der Waals surface area contributed by atoms with Gasteiger partial charge in [0.2, 0.25) is 0 Å². The van der Waals surface area contributed by atoms with Crippen molar-refractivity contribution in [2.24, 2.45) is 0 Å². The fourth-order valence-corrected chi connectivity index (χ4v) is 4.07. The summed E-state index contributed by atoms with van der Waals surface area (Å²) in [6, 6.07) is 13.7. The number of aromatic nitrogens is 1. The molecular weight excluding hydrogens is 471 g/mol. The summed E-state index contributed by atoms with van der Waals surface area (Å²) in [7, 11) is 1.46. The lowest BCUT2D eigenvalue weighted by atomic mass is 10.1. The number of alkyl halides is 3. The van der Waals surface area contributed by atoms with E-state index in [1.807, 2.05) is 19.1 Å². The number of ether oxygens (including phenoxy) is 1. The van der Waals surface area contributed by atoms with Gasteiger partial charge in [-0.05, 0) is 42.3 Å². The van der Waals surface area contributed by atoms with Crippen LogP contribution in [0, 0.1) is 0 Å². The summed E-state index contributed by atoms with van der Waals surface area (Å²) in [5.74, 6) is -0.163. The minimum Gasteiger partial charge on any atom is -0.378 e. The SMILES string of the molecule is CCc1cc(N2CCOCC2)ccc1Nc1cc(Nc2ccccc2C(=O)NC)c(C(F)(F)F)cn1. The van der Waals surface area contributed by atoms with E-state index in [0.717, 1.165) is 42.6 Å². The number of nitrogens with one attached hydrogen (secondary N) is 3. The van der Waals surface area contributed by atoms with Crippen molar-refractivity contribution in [1.29, 1.82) is 0 Å². The molecule has 0 aliphatic carbocycles. The van der Waals surface area contributed by atoms with Crippen LogP contribution in [0.2, 0.25) is 0 Å². The molecule has 0 atom stereocenters. The van der Waals surface area contributed by atoms with E-state index >= 15 is 0 Å². The van der Waals surface area contributed by atoms with Crippen molar-refractivity contribution < 1.29 is 22.7 Å². The van der Waals surface area contributed by atoms with Crippen molar-refractivity contribution in [3.05, 3.63) is 71.4 Å². The summed E-state index contributed by atoms with van der Waals surface area (Å²) >= 11 is 0. The van der Waals surface area contributed by atoms with Crippen LogP contribution in [0.25, 0.3) is 0 Å². The molecule has 190 valence electrons. The van der Waals surface area contributed by atoms with Gasteiger partial charge in [0.15, 0.2) is 0 Å². The lowest BCUT2D eigenvalue weighted by molar-refractivity contribution is -0.137. The molecule has 1 aliphatic heterocycles.